The van der Waals surface area contributed by atoms with Gasteiger partial charge in [0.25, 0.3) is 0 Å². The lowest BCUT2D eigenvalue weighted by Crippen LogP contribution is -2.04. The number of ether oxygens (including phenoxy) is 1. The molecule has 0 aliphatic heterocycles. The number of nitrogens with two attached hydrogens (primary N) is 1. The average molecular weight is 308 g/mol. The first-order chi connectivity index (χ1) is 9.77. The van der Waals surface area contributed by atoms with Gasteiger partial charge in [0.2, 0.25) is 5.88 Å². The summed E-state index contributed by atoms with van der Waals surface area (Å²) in [5.41, 5.74) is 5.46. The summed E-state index contributed by atoms with van der Waals surface area (Å²) in [6.45, 7) is 0. The predicted octanol–water partition coefficient (Wildman–Crippen LogP) is 1.56. The zero-order chi connectivity index (χ0) is 15.6. The van der Waals surface area contributed by atoms with Crippen molar-refractivity contribution in [2.45, 2.75) is 4.90 Å². The first-order valence-corrected chi connectivity index (χ1v) is 7.63. The lowest BCUT2D eigenvalue weighted by molar-refractivity contribution is 0.0693. The van der Waals surface area contributed by atoms with E-state index >= 15 is 0 Å². The van der Waals surface area contributed by atoms with Crippen molar-refractivity contribution in [2.24, 2.45) is 0 Å². The van der Waals surface area contributed by atoms with E-state index < -0.39 is 15.8 Å². The van der Waals surface area contributed by atoms with Crippen molar-refractivity contribution in [1.82, 2.24) is 4.98 Å². The molecule has 0 atom stereocenters. The standard InChI is InChI=1S/C13H12N2O5S/c1-21(18,19)10-4-2-3-9(6-10)20-12-11(13(16)17)5-8(14)7-15-12/h2-7H,14H2,1H3,(H,16,17). The van der Waals surface area contributed by atoms with E-state index in [0.717, 1.165) is 6.26 Å². The quantitative estimate of drug-likeness (QED) is 0.879. The Kier molecular flexibility index (Phi) is 3.81. The number of carbonyl (C=O) groups is 1. The number of hydrogen-bond donors (Lipinski definition) is 2. The summed E-state index contributed by atoms with van der Waals surface area (Å²) in [6, 6.07) is 6.91. The van der Waals surface area contributed by atoms with Gasteiger partial charge in [-0.3, -0.25) is 0 Å². The number of sulfone groups is 1. The number of nitrogen functional groups attached to an aromatic ring is 1. The SMILES string of the molecule is CS(=O)(=O)c1cccc(Oc2ncc(N)cc2C(=O)O)c1. The number of benzene rings is 1. The van der Waals surface area contributed by atoms with Crippen molar-refractivity contribution in [2.75, 3.05) is 12.0 Å². The highest BCUT2D eigenvalue weighted by molar-refractivity contribution is 7.90. The fourth-order valence-electron chi connectivity index (χ4n) is 1.58. The summed E-state index contributed by atoms with van der Waals surface area (Å²) in [5.74, 6) is -1.25. The second-order valence-corrected chi connectivity index (χ2v) is 6.29. The maximum absolute atomic E-state index is 11.5. The van der Waals surface area contributed by atoms with Gasteiger partial charge in [0.15, 0.2) is 9.84 Å². The first-order valence-electron chi connectivity index (χ1n) is 5.74. The number of nitrogens with zero attached hydrogens (tertiary/aromatic N) is 1. The third-order valence-corrected chi connectivity index (χ3v) is 3.66. The lowest BCUT2D eigenvalue weighted by Gasteiger charge is -2.09. The Labute approximate surface area is 120 Å². The second-order valence-electron chi connectivity index (χ2n) is 4.28. The van der Waals surface area contributed by atoms with Crippen molar-refractivity contribution < 1.29 is 23.1 Å². The number of hydrogen-bond acceptors (Lipinski definition) is 6. The Morgan fingerprint density at radius 3 is 2.67 bits per heavy atom. The Morgan fingerprint density at radius 2 is 2.05 bits per heavy atom. The number of rotatable bonds is 4. The summed E-state index contributed by atoms with van der Waals surface area (Å²) in [7, 11) is -3.39. The first kappa shape index (κ1) is 14.8. The Morgan fingerprint density at radius 1 is 1.33 bits per heavy atom. The zero-order valence-electron chi connectivity index (χ0n) is 11.0. The molecule has 2 aromatic rings. The summed E-state index contributed by atoms with van der Waals surface area (Å²) in [6.07, 6.45) is 2.32. The third-order valence-electron chi connectivity index (χ3n) is 2.55. The number of aromatic carboxylic acids is 1. The van der Waals surface area contributed by atoms with Crippen molar-refractivity contribution in [1.29, 1.82) is 0 Å². The van der Waals surface area contributed by atoms with Crippen LogP contribution < -0.4 is 10.5 Å². The van der Waals surface area contributed by atoms with Gasteiger partial charge in [0.1, 0.15) is 11.3 Å². The van der Waals surface area contributed by atoms with Crippen LogP contribution in [0.4, 0.5) is 5.69 Å². The largest absolute Gasteiger partial charge is 0.477 e. The fraction of sp³-hybridized carbons (Fsp3) is 0.0769. The van der Waals surface area contributed by atoms with Crippen LogP contribution in [0.1, 0.15) is 10.4 Å². The topological polar surface area (TPSA) is 120 Å². The maximum Gasteiger partial charge on any atom is 0.341 e. The molecule has 0 radical (unpaired) electrons. The van der Waals surface area contributed by atoms with Crippen LogP contribution in [0.5, 0.6) is 11.6 Å². The van der Waals surface area contributed by atoms with Crippen molar-refractivity contribution in [3.8, 4) is 11.6 Å². The Bertz CT molecular complexity index is 802. The Balaban J connectivity index is 2.41. The summed E-state index contributed by atoms with van der Waals surface area (Å²) in [4.78, 5) is 15.0. The average Bonchev–Trinajstić information content (AvgIpc) is 2.40. The van der Waals surface area contributed by atoms with E-state index in [4.69, 9.17) is 15.6 Å². The molecule has 21 heavy (non-hydrogen) atoms. The zero-order valence-corrected chi connectivity index (χ0v) is 11.8. The van der Waals surface area contributed by atoms with Gasteiger partial charge in [0.05, 0.1) is 16.8 Å². The number of carboxylic acids is 1. The van der Waals surface area contributed by atoms with E-state index in [1.54, 1.807) is 0 Å². The van der Waals surface area contributed by atoms with Gasteiger partial charge in [-0.15, -0.1) is 0 Å². The van der Waals surface area contributed by atoms with Crippen LogP contribution in [0, 0.1) is 0 Å². The second kappa shape index (κ2) is 5.41. The molecule has 0 aliphatic carbocycles. The predicted molar refractivity (Wildman–Crippen MR) is 75.2 cm³/mol. The third kappa shape index (κ3) is 3.48. The molecule has 1 heterocycles. The Hall–Kier alpha value is -2.61. The van der Waals surface area contributed by atoms with Crippen LogP contribution in [0.15, 0.2) is 41.4 Å². The van der Waals surface area contributed by atoms with Gasteiger partial charge < -0.3 is 15.6 Å². The molecular weight excluding hydrogens is 296 g/mol. The van der Waals surface area contributed by atoms with E-state index in [2.05, 4.69) is 4.98 Å². The van der Waals surface area contributed by atoms with Gasteiger partial charge in [0, 0.05) is 6.26 Å². The molecule has 1 aromatic carbocycles. The molecule has 0 spiro atoms. The van der Waals surface area contributed by atoms with Crippen LogP contribution in [-0.4, -0.2) is 30.7 Å². The molecular formula is C13H12N2O5S. The van der Waals surface area contributed by atoms with Crippen molar-refractivity contribution in [3.05, 3.63) is 42.1 Å². The fourth-order valence-corrected chi connectivity index (χ4v) is 2.24. The number of aromatic nitrogens is 1. The van der Waals surface area contributed by atoms with E-state index in [1.165, 1.54) is 36.5 Å². The summed E-state index contributed by atoms with van der Waals surface area (Å²) < 4.78 is 28.3. The monoisotopic (exact) mass is 308 g/mol. The highest BCUT2D eigenvalue weighted by Crippen LogP contribution is 2.26. The number of anilines is 1. The van der Waals surface area contributed by atoms with Crippen LogP contribution in [0.2, 0.25) is 0 Å². The number of carboxylic acid groups (broad SMARTS) is 1. The van der Waals surface area contributed by atoms with Gasteiger partial charge in [-0.05, 0) is 24.3 Å². The molecule has 1 aromatic heterocycles. The van der Waals surface area contributed by atoms with Gasteiger partial charge in [-0.25, -0.2) is 18.2 Å². The number of pyridine rings is 1. The molecule has 0 saturated carbocycles. The molecule has 0 saturated heterocycles. The maximum atomic E-state index is 11.5. The van der Waals surface area contributed by atoms with Crippen molar-refractivity contribution in [3.63, 3.8) is 0 Å². The molecule has 3 N–H and O–H groups in total. The van der Waals surface area contributed by atoms with Crippen LogP contribution in [-0.2, 0) is 9.84 Å². The lowest BCUT2D eigenvalue weighted by atomic mass is 10.2. The van der Waals surface area contributed by atoms with Crippen LogP contribution in [0.25, 0.3) is 0 Å². The van der Waals surface area contributed by atoms with Crippen molar-refractivity contribution >= 4 is 21.5 Å². The summed E-state index contributed by atoms with van der Waals surface area (Å²) >= 11 is 0. The van der Waals surface area contributed by atoms with E-state index in [1.807, 2.05) is 0 Å². The van der Waals surface area contributed by atoms with E-state index in [0.29, 0.717) is 0 Å². The van der Waals surface area contributed by atoms with Crippen LogP contribution in [0.3, 0.4) is 0 Å². The van der Waals surface area contributed by atoms with Crippen LogP contribution >= 0.6 is 0 Å². The highest BCUT2D eigenvalue weighted by Gasteiger charge is 2.15. The molecule has 2 rings (SSSR count). The molecule has 0 unspecified atom stereocenters. The van der Waals surface area contributed by atoms with Gasteiger partial charge >= 0.3 is 5.97 Å². The van der Waals surface area contributed by atoms with E-state index in [9.17, 15) is 13.2 Å². The van der Waals surface area contributed by atoms with E-state index in [-0.39, 0.29) is 27.8 Å². The normalized spacial score (nSPS) is 11.1. The smallest absolute Gasteiger partial charge is 0.341 e. The minimum Gasteiger partial charge on any atom is -0.477 e. The molecule has 0 aliphatic rings. The molecule has 7 nitrogen and oxygen atoms in total. The minimum atomic E-state index is -3.39. The van der Waals surface area contributed by atoms with Gasteiger partial charge in [-0.1, -0.05) is 6.07 Å². The minimum absolute atomic E-state index is 0.0623. The van der Waals surface area contributed by atoms with Gasteiger partial charge in [-0.2, -0.15) is 0 Å². The molecule has 110 valence electrons. The molecule has 0 amide bonds. The molecule has 0 bridgehead atoms. The summed E-state index contributed by atoms with van der Waals surface area (Å²) in [5, 5.41) is 9.08. The highest BCUT2D eigenvalue weighted by atomic mass is 32.2. The molecule has 0 fully saturated rings. The molecule has 8 heteroatoms.